The molecule has 0 spiro atoms. The van der Waals surface area contributed by atoms with Crippen LogP contribution in [0, 0.1) is 20.8 Å². The van der Waals surface area contributed by atoms with E-state index >= 15 is 0 Å². The topological polar surface area (TPSA) is 59.8 Å². The molecule has 2 heterocycles. The van der Waals surface area contributed by atoms with E-state index in [-0.39, 0.29) is 11.7 Å². The zero-order chi connectivity index (χ0) is 17.8. The third kappa shape index (κ3) is 4.28. The SMILES string of the molecule is Cc1ccnc(NC(=O)CSc2nccn2-c2ccc(C)c(C)c2)c1. The molecule has 25 heavy (non-hydrogen) atoms. The number of hydrogen-bond acceptors (Lipinski definition) is 4. The van der Waals surface area contributed by atoms with Gasteiger partial charge in [0.25, 0.3) is 0 Å². The molecular formula is C19H20N4OS. The van der Waals surface area contributed by atoms with E-state index in [0.29, 0.717) is 5.82 Å². The molecule has 1 N–H and O–H groups in total. The number of benzene rings is 1. The van der Waals surface area contributed by atoms with Crippen molar-refractivity contribution in [2.24, 2.45) is 0 Å². The van der Waals surface area contributed by atoms with Gasteiger partial charge in [0.2, 0.25) is 5.91 Å². The van der Waals surface area contributed by atoms with Crippen molar-refractivity contribution < 1.29 is 4.79 Å². The number of aryl methyl sites for hydroxylation is 3. The summed E-state index contributed by atoms with van der Waals surface area (Å²) in [5.74, 6) is 0.748. The van der Waals surface area contributed by atoms with Crippen LogP contribution in [0.4, 0.5) is 5.82 Å². The standard InChI is InChI=1S/C19H20N4OS/c1-13-6-7-20-17(10-13)22-18(24)12-25-19-21-8-9-23(19)16-5-4-14(2)15(3)11-16/h4-11H,12H2,1-3H3,(H,20,22,24). The molecule has 0 unspecified atom stereocenters. The first-order valence-electron chi connectivity index (χ1n) is 7.99. The number of rotatable bonds is 5. The number of nitrogens with zero attached hydrogens (tertiary/aromatic N) is 3. The molecule has 3 rings (SSSR count). The lowest BCUT2D eigenvalue weighted by atomic mass is 10.1. The van der Waals surface area contributed by atoms with Gasteiger partial charge in [0.05, 0.1) is 5.75 Å². The third-order valence-electron chi connectivity index (χ3n) is 3.89. The predicted molar refractivity (Wildman–Crippen MR) is 101 cm³/mol. The highest BCUT2D eigenvalue weighted by atomic mass is 32.2. The minimum absolute atomic E-state index is 0.0993. The minimum atomic E-state index is -0.0993. The largest absolute Gasteiger partial charge is 0.310 e. The fraction of sp³-hybridized carbons (Fsp3) is 0.211. The number of carbonyl (C=O) groups excluding carboxylic acids is 1. The number of aromatic nitrogens is 3. The van der Waals surface area contributed by atoms with Gasteiger partial charge in [-0.2, -0.15) is 0 Å². The molecule has 2 aromatic heterocycles. The quantitative estimate of drug-likeness (QED) is 0.707. The molecule has 0 aliphatic rings. The summed E-state index contributed by atoms with van der Waals surface area (Å²) in [6, 6.07) is 10.0. The lowest BCUT2D eigenvalue weighted by molar-refractivity contribution is -0.113. The molecule has 5 nitrogen and oxygen atoms in total. The van der Waals surface area contributed by atoms with E-state index in [0.717, 1.165) is 16.4 Å². The Kier molecular flexibility index (Phi) is 5.19. The molecule has 0 saturated carbocycles. The van der Waals surface area contributed by atoms with Crippen LogP contribution in [-0.2, 0) is 4.79 Å². The summed E-state index contributed by atoms with van der Waals surface area (Å²) >= 11 is 1.40. The van der Waals surface area contributed by atoms with Crippen LogP contribution in [-0.4, -0.2) is 26.2 Å². The first-order chi connectivity index (χ1) is 12.0. The summed E-state index contributed by atoms with van der Waals surface area (Å²) < 4.78 is 2.00. The molecule has 0 fully saturated rings. The molecule has 1 aromatic carbocycles. The molecule has 0 saturated heterocycles. The average molecular weight is 352 g/mol. The maximum absolute atomic E-state index is 12.2. The summed E-state index contributed by atoms with van der Waals surface area (Å²) in [4.78, 5) is 20.7. The Morgan fingerprint density at radius 1 is 1.08 bits per heavy atom. The second kappa shape index (κ2) is 7.53. The van der Waals surface area contributed by atoms with Crippen LogP contribution in [0.3, 0.4) is 0 Å². The fourth-order valence-corrected chi connectivity index (χ4v) is 3.16. The Bertz CT molecular complexity index is 904. The van der Waals surface area contributed by atoms with Crippen LogP contribution >= 0.6 is 11.8 Å². The van der Waals surface area contributed by atoms with Crippen molar-refractivity contribution in [3.05, 3.63) is 65.6 Å². The summed E-state index contributed by atoms with van der Waals surface area (Å²) in [6.07, 6.45) is 5.34. The Labute approximate surface area is 151 Å². The van der Waals surface area contributed by atoms with Crippen LogP contribution in [0.5, 0.6) is 0 Å². The van der Waals surface area contributed by atoms with Crippen molar-refractivity contribution >= 4 is 23.5 Å². The van der Waals surface area contributed by atoms with Crippen LogP contribution in [0.1, 0.15) is 16.7 Å². The number of pyridine rings is 1. The zero-order valence-corrected chi connectivity index (χ0v) is 15.3. The van der Waals surface area contributed by atoms with Crippen LogP contribution in [0.2, 0.25) is 0 Å². The molecule has 0 atom stereocenters. The fourth-order valence-electron chi connectivity index (χ4n) is 2.38. The lowest BCUT2D eigenvalue weighted by Gasteiger charge is -2.10. The van der Waals surface area contributed by atoms with Gasteiger partial charge in [0.15, 0.2) is 5.16 Å². The highest BCUT2D eigenvalue weighted by molar-refractivity contribution is 7.99. The van der Waals surface area contributed by atoms with Gasteiger partial charge in [-0.25, -0.2) is 9.97 Å². The number of hydrogen-bond donors (Lipinski definition) is 1. The van der Waals surface area contributed by atoms with E-state index < -0.39 is 0 Å². The van der Waals surface area contributed by atoms with Gasteiger partial charge in [-0.3, -0.25) is 9.36 Å². The molecule has 0 aliphatic heterocycles. The number of carbonyl (C=O) groups is 1. The number of anilines is 1. The van der Waals surface area contributed by atoms with Crippen molar-refractivity contribution in [3.63, 3.8) is 0 Å². The minimum Gasteiger partial charge on any atom is -0.310 e. The van der Waals surface area contributed by atoms with Crippen molar-refractivity contribution in [3.8, 4) is 5.69 Å². The smallest absolute Gasteiger partial charge is 0.236 e. The van der Waals surface area contributed by atoms with Crippen molar-refractivity contribution in [2.45, 2.75) is 25.9 Å². The Morgan fingerprint density at radius 3 is 2.68 bits per heavy atom. The predicted octanol–water partition coefficient (Wildman–Crippen LogP) is 3.92. The molecule has 128 valence electrons. The molecule has 1 amide bonds. The first-order valence-corrected chi connectivity index (χ1v) is 8.98. The van der Waals surface area contributed by atoms with Crippen molar-refractivity contribution in [1.82, 2.24) is 14.5 Å². The summed E-state index contributed by atoms with van der Waals surface area (Å²) in [5, 5.41) is 3.60. The molecule has 6 heteroatoms. The van der Waals surface area contributed by atoms with Gasteiger partial charge in [-0.1, -0.05) is 17.8 Å². The molecule has 0 aliphatic carbocycles. The Balaban J connectivity index is 1.67. The summed E-state index contributed by atoms with van der Waals surface area (Å²) in [5.41, 5.74) is 4.58. The number of nitrogens with one attached hydrogen (secondary N) is 1. The van der Waals surface area contributed by atoms with E-state index in [9.17, 15) is 4.79 Å². The van der Waals surface area contributed by atoms with E-state index in [4.69, 9.17) is 0 Å². The summed E-state index contributed by atoms with van der Waals surface area (Å²) in [6.45, 7) is 6.14. The van der Waals surface area contributed by atoms with Gasteiger partial charge in [0.1, 0.15) is 5.82 Å². The highest BCUT2D eigenvalue weighted by Gasteiger charge is 2.10. The maximum Gasteiger partial charge on any atom is 0.236 e. The maximum atomic E-state index is 12.2. The van der Waals surface area contributed by atoms with Crippen LogP contribution in [0.15, 0.2) is 54.1 Å². The van der Waals surface area contributed by atoms with E-state index in [2.05, 4.69) is 47.3 Å². The normalized spacial score (nSPS) is 10.7. The average Bonchev–Trinajstić information content (AvgIpc) is 3.04. The third-order valence-corrected chi connectivity index (χ3v) is 4.86. The van der Waals surface area contributed by atoms with E-state index in [1.807, 2.05) is 29.8 Å². The van der Waals surface area contributed by atoms with Gasteiger partial charge < -0.3 is 5.32 Å². The highest BCUT2D eigenvalue weighted by Crippen LogP contribution is 2.22. The lowest BCUT2D eigenvalue weighted by Crippen LogP contribution is -2.15. The second-order valence-electron chi connectivity index (χ2n) is 5.90. The van der Waals surface area contributed by atoms with Crippen LogP contribution < -0.4 is 5.32 Å². The van der Waals surface area contributed by atoms with Crippen molar-refractivity contribution in [2.75, 3.05) is 11.1 Å². The number of thioether (sulfide) groups is 1. The van der Waals surface area contributed by atoms with E-state index in [1.54, 1.807) is 12.4 Å². The van der Waals surface area contributed by atoms with Crippen molar-refractivity contribution in [1.29, 1.82) is 0 Å². The molecular weight excluding hydrogens is 332 g/mol. The molecule has 0 radical (unpaired) electrons. The van der Waals surface area contributed by atoms with Gasteiger partial charge >= 0.3 is 0 Å². The van der Waals surface area contributed by atoms with E-state index in [1.165, 1.54) is 22.9 Å². The summed E-state index contributed by atoms with van der Waals surface area (Å²) in [7, 11) is 0. The van der Waals surface area contributed by atoms with Gasteiger partial charge in [0, 0.05) is 24.3 Å². The Hall–Kier alpha value is -2.60. The second-order valence-corrected chi connectivity index (χ2v) is 6.85. The molecule has 0 bridgehead atoms. The number of imidazole rings is 1. The monoisotopic (exact) mass is 352 g/mol. The number of amides is 1. The van der Waals surface area contributed by atoms with Gasteiger partial charge in [-0.15, -0.1) is 0 Å². The Morgan fingerprint density at radius 2 is 1.92 bits per heavy atom. The van der Waals surface area contributed by atoms with Gasteiger partial charge in [-0.05, 0) is 61.7 Å². The first kappa shape index (κ1) is 17.2. The molecule has 3 aromatic rings. The zero-order valence-electron chi connectivity index (χ0n) is 14.5. The van der Waals surface area contributed by atoms with Crippen LogP contribution in [0.25, 0.3) is 5.69 Å².